The third kappa shape index (κ3) is 7.77. The second-order valence-corrected chi connectivity index (χ2v) is 7.27. The zero-order valence-corrected chi connectivity index (χ0v) is 16.6. The number of furan rings is 1. The van der Waals surface area contributed by atoms with Crippen LogP contribution in [0.4, 0.5) is 4.79 Å². The summed E-state index contributed by atoms with van der Waals surface area (Å²) in [5.41, 5.74) is -1.72. The van der Waals surface area contributed by atoms with E-state index in [1.54, 1.807) is 26.1 Å². The molecule has 8 nitrogen and oxygen atoms in total. The summed E-state index contributed by atoms with van der Waals surface area (Å²) in [6, 6.07) is 3.44. The molecule has 1 aromatic heterocycles. The smallest absolute Gasteiger partial charge is 0.410 e. The molecule has 1 atom stereocenters. The van der Waals surface area contributed by atoms with Crippen LogP contribution in [0.1, 0.15) is 40.4 Å². The Labute approximate surface area is 155 Å². The molecule has 1 aromatic rings. The van der Waals surface area contributed by atoms with E-state index in [1.807, 2.05) is 27.7 Å². The van der Waals surface area contributed by atoms with Crippen molar-refractivity contribution in [2.24, 2.45) is 4.99 Å². The fourth-order valence-corrected chi connectivity index (χ4v) is 2.01. The van der Waals surface area contributed by atoms with Crippen LogP contribution in [0.15, 0.2) is 27.8 Å². The second-order valence-electron chi connectivity index (χ2n) is 7.27. The monoisotopic (exact) mass is 368 g/mol. The zero-order valence-electron chi connectivity index (χ0n) is 16.6. The molecule has 1 heterocycles. The van der Waals surface area contributed by atoms with E-state index in [0.717, 1.165) is 0 Å². The van der Waals surface area contributed by atoms with Crippen molar-refractivity contribution in [1.82, 2.24) is 15.5 Å². The van der Waals surface area contributed by atoms with Gasteiger partial charge in [0.05, 0.1) is 12.8 Å². The molecule has 0 aliphatic rings. The summed E-state index contributed by atoms with van der Waals surface area (Å²) in [6.45, 7) is 10.9. The van der Waals surface area contributed by atoms with Gasteiger partial charge in [0.15, 0.2) is 5.96 Å². The highest BCUT2D eigenvalue weighted by molar-refractivity contribution is 5.79. The Bertz CT molecular complexity index is 577. The number of nitrogens with one attached hydrogen (secondary N) is 2. The number of nitrogens with zero attached hydrogens (tertiary/aromatic N) is 2. The number of ether oxygens (including phenoxy) is 1. The van der Waals surface area contributed by atoms with E-state index >= 15 is 0 Å². The highest BCUT2D eigenvalue weighted by atomic mass is 16.6. The number of aliphatic hydroxyl groups is 1. The number of aliphatic imine (C=N–C) groups is 1. The third-order valence-electron chi connectivity index (χ3n) is 3.39. The molecule has 1 unspecified atom stereocenters. The molecular weight excluding hydrogens is 336 g/mol. The molecule has 26 heavy (non-hydrogen) atoms. The number of guanidine groups is 1. The van der Waals surface area contributed by atoms with E-state index in [4.69, 9.17) is 9.15 Å². The lowest BCUT2D eigenvalue weighted by atomic mass is 10.0. The van der Waals surface area contributed by atoms with Gasteiger partial charge in [-0.15, -0.1) is 0 Å². The molecule has 1 amide bonds. The van der Waals surface area contributed by atoms with Crippen LogP contribution in [0.3, 0.4) is 0 Å². The summed E-state index contributed by atoms with van der Waals surface area (Å²) in [6.07, 6.45) is 1.14. The summed E-state index contributed by atoms with van der Waals surface area (Å²) in [5, 5.41) is 16.7. The van der Waals surface area contributed by atoms with Crippen LogP contribution in [0.2, 0.25) is 0 Å². The fraction of sp³-hybridized carbons (Fsp3) is 0.667. The molecule has 0 aliphatic heterocycles. The molecule has 8 heteroatoms. The van der Waals surface area contributed by atoms with Gasteiger partial charge in [0.2, 0.25) is 0 Å². The quantitative estimate of drug-likeness (QED) is 0.502. The van der Waals surface area contributed by atoms with Gasteiger partial charge in [0.1, 0.15) is 17.0 Å². The largest absolute Gasteiger partial charge is 0.466 e. The number of hydrogen-bond donors (Lipinski definition) is 3. The molecule has 148 valence electrons. The maximum absolute atomic E-state index is 11.9. The van der Waals surface area contributed by atoms with Crippen LogP contribution >= 0.6 is 0 Å². The highest BCUT2D eigenvalue weighted by Crippen LogP contribution is 2.20. The molecule has 0 saturated heterocycles. The molecule has 0 saturated carbocycles. The predicted molar refractivity (Wildman–Crippen MR) is 101 cm³/mol. The minimum atomic E-state index is -1.20. The minimum Gasteiger partial charge on any atom is -0.466 e. The molecule has 0 aliphatic carbocycles. The second kappa shape index (κ2) is 9.47. The van der Waals surface area contributed by atoms with Crippen molar-refractivity contribution in [2.75, 3.05) is 33.2 Å². The van der Waals surface area contributed by atoms with Crippen LogP contribution < -0.4 is 10.6 Å². The van der Waals surface area contributed by atoms with Crippen LogP contribution in [0.25, 0.3) is 0 Å². The first-order valence-electron chi connectivity index (χ1n) is 8.78. The fourth-order valence-electron chi connectivity index (χ4n) is 2.01. The highest BCUT2D eigenvalue weighted by Gasteiger charge is 2.26. The van der Waals surface area contributed by atoms with Crippen molar-refractivity contribution >= 4 is 12.1 Å². The van der Waals surface area contributed by atoms with E-state index in [-0.39, 0.29) is 12.6 Å². The first-order chi connectivity index (χ1) is 12.0. The van der Waals surface area contributed by atoms with Crippen molar-refractivity contribution in [3.63, 3.8) is 0 Å². The van der Waals surface area contributed by atoms with Gasteiger partial charge in [-0.3, -0.25) is 0 Å². The Morgan fingerprint density at radius 3 is 2.58 bits per heavy atom. The average molecular weight is 368 g/mol. The van der Waals surface area contributed by atoms with Crippen molar-refractivity contribution in [3.05, 3.63) is 24.2 Å². The van der Waals surface area contributed by atoms with E-state index in [0.29, 0.717) is 31.4 Å². The molecule has 1 rings (SSSR count). The number of likely N-dealkylation sites (N-methyl/N-ethyl adjacent to an activating group) is 1. The van der Waals surface area contributed by atoms with E-state index in [2.05, 4.69) is 15.6 Å². The van der Waals surface area contributed by atoms with Crippen molar-refractivity contribution < 1.29 is 19.1 Å². The first kappa shape index (κ1) is 21.8. The van der Waals surface area contributed by atoms with Crippen molar-refractivity contribution in [1.29, 1.82) is 0 Å². The normalized spacial score (nSPS) is 14.5. The summed E-state index contributed by atoms with van der Waals surface area (Å²) < 4.78 is 10.6. The van der Waals surface area contributed by atoms with Crippen molar-refractivity contribution in [3.8, 4) is 0 Å². The molecule has 0 fully saturated rings. The first-order valence-corrected chi connectivity index (χ1v) is 8.78. The molecule has 3 N–H and O–H groups in total. The third-order valence-corrected chi connectivity index (χ3v) is 3.39. The number of carbonyl (C=O) groups is 1. The maximum atomic E-state index is 11.9. The predicted octanol–water partition coefficient (Wildman–Crippen LogP) is 1.91. The summed E-state index contributed by atoms with van der Waals surface area (Å²) in [4.78, 5) is 17.8. The van der Waals surface area contributed by atoms with Crippen LogP contribution in [0.5, 0.6) is 0 Å². The lowest BCUT2D eigenvalue weighted by molar-refractivity contribution is 0.0302. The van der Waals surface area contributed by atoms with E-state index in [1.165, 1.54) is 11.2 Å². The minimum absolute atomic E-state index is 0.137. The van der Waals surface area contributed by atoms with Crippen LogP contribution in [-0.4, -0.2) is 60.9 Å². The van der Waals surface area contributed by atoms with Gasteiger partial charge < -0.3 is 29.8 Å². The molecule has 0 aromatic carbocycles. The Hall–Kier alpha value is -2.22. The zero-order chi connectivity index (χ0) is 19.8. The average Bonchev–Trinajstić information content (AvgIpc) is 3.06. The van der Waals surface area contributed by atoms with Crippen molar-refractivity contribution in [2.45, 2.75) is 45.8 Å². The number of rotatable bonds is 7. The Morgan fingerprint density at radius 1 is 1.35 bits per heavy atom. The molecule has 0 radical (unpaired) electrons. The van der Waals surface area contributed by atoms with Gasteiger partial charge in [0, 0.05) is 26.7 Å². The Balaban J connectivity index is 2.53. The Morgan fingerprint density at radius 2 is 2.04 bits per heavy atom. The maximum Gasteiger partial charge on any atom is 0.410 e. The number of carbonyl (C=O) groups excluding carboxylic acids is 1. The lowest BCUT2D eigenvalue weighted by Gasteiger charge is -2.25. The Kier molecular flexibility index (Phi) is 7.95. The van der Waals surface area contributed by atoms with Gasteiger partial charge >= 0.3 is 6.09 Å². The summed E-state index contributed by atoms with van der Waals surface area (Å²) >= 11 is 0. The van der Waals surface area contributed by atoms with E-state index in [9.17, 15) is 9.90 Å². The SMILES string of the molecule is CCNC(=NCC(C)(O)c1ccco1)NCCN(C)C(=O)OC(C)(C)C. The van der Waals surface area contributed by atoms with Gasteiger partial charge in [-0.25, -0.2) is 9.79 Å². The standard InChI is InChI=1S/C18H32N4O4/c1-7-19-15(21-13-18(5,24)14-9-8-12-25-14)20-10-11-22(6)16(23)26-17(2,3)4/h8-9,12,24H,7,10-11,13H2,1-6H3,(H2,19,20,21). The lowest BCUT2D eigenvalue weighted by Crippen LogP contribution is -2.43. The van der Waals surface area contributed by atoms with Gasteiger partial charge in [-0.05, 0) is 46.8 Å². The van der Waals surface area contributed by atoms with Crippen LogP contribution in [-0.2, 0) is 10.3 Å². The summed E-state index contributed by atoms with van der Waals surface area (Å²) in [7, 11) is 1.68. The van der Waals surface area contributed by atoms with Crippen LogP contribution in [0, 0.1) is 0 Å². The van der Waals surface area contributed by atoms with Gasteiger partial charge in [-0.2, -0.15) is 0 Å². The molecular formula is C18H32N4O4. The topological polar surface area (TPSA) is 99.3 Å². The number of amides is 1. The molecule has 0 bridgehead atoms. The molecule has 0 spiro atoms. The summed E-state index contributed by atoms with van der Waals surface area (Å²) in [5.74, 6) is 1.01. The number of hydrogen-bond acceptors (Lipinski definition) is 5. The van der Waals surface area contributed by atoms with Gasteiger partial charge in [0.25, 0.3) is 0 Å². The van der Waals surface area contributed by atoms with E-state index < -0.39 is 11.2 Å². The van der Waals surface area contributed by atoms with Gasteiger partial charge in [-0.1, -0.05) is 0 Å².